The molecule has 0 aromatic heterocycles. The fourth-order valence-electron chi connectivity index (χ4n) is 2.80. The predicted molar refractivity (Wildman–Crippen MR) is 106 cm³/mol. The molecule has 2 amide bonds. The van der Waals surface area contributed by atoms with Crippen LogP contribution in [0.3, 0.4) is 0 Å². The molecule has 0 atom stereocenters. The van der Waals surface area contributed by atoms with Crippen LogP contribution in [0.4, 0.5) is 0 Å². The van der Waals surface area contributed by atoms with Crippen LogP contribution in [0.15, 0.2) is 28.7 Å². The van der Waals surface area contributed by atoms with E-state index in [1.807, 2.05) is 32.0 Å². The maximum Gasteiger partial charge on any atom is 0.246 e. The number of nitrogens with zero attached hydrogens (tertiary/aromatic N) is 2. The molecule has 26 heavy (non-hydrogen) atoms. The van der Waals surface area contributed by atoms with E-state index in [4.69, 9.17) is 4.74 Å². The summed E-state index contributed by atoms with van der Waals surface area (Å²) >= 11 is 3.43. The predicted octanol–water partition coefficient (Wildman–Crippen LogP) is 2.14. The van der Waals surface area contributed by atoms with Gasteiger partial charge in [-0.05, 0) is 38.1 Å². The van der Waals surface area contributed by atoms with E-state index >= 15 is 0 Å². The van der Waals surface area contributed by atoms with E-state index in [1.54, 1.807) is 24.2 Å². The first-order valence-corrected chi connectivity index (χ1v) is 9.50. The maximum atomic E-state index is 12.4. The third-order valence-corrected chi connectivity index (χ3v) is 4.59. The monoisotopic (exact) mass is 423 g/mol. The number of methoxy groups -OCH3 is 1. The molecule has 1 saturated heterocycles. The molecule has 1 aliphatic heterocycles. The fraction of sp³-hybridized carbons (Fsp3) is 0.474. The van der Waals surface area contributed by atoms with Gasteiger partial charge in [0.1, 0.15) is 5.75 Å². The number of carbonyl (C=O) groups is 2. The number of benzene rings is 1. The van der Waals surface area contributed by atoms with Gasteiger partial charge in [0.15, 0.2) is 0 Å². The van der Waals surface area contributed by atoms with Crippen molar-refractivity contribution in [2.75, 3.05) is 39.8 Å². The van der Waals surface area contributed by atoms with Crippen LogP contribution in [0, 0.1) is 0 Å². The van der Waals surface area contributed by atoms with E-state index < -0.39 is 0 Å². The highest BCUT2D eigenvalue weighted by Gasteiger charge is 2.21. The summed E-state index contributed by atoms with van der Waals surface area (Å²) in [5.41, 5.74) is 0.846. The summed E-state index contributed by atoms with van der Waals surface area (Å²) in [5.74, 6) is 0.720. The molecule has 1 aromatic carbocycles. The molecule has 0 saturated carbocycles. The normalized spacial score (nSPS) is 15.5. The summed E-state index contributed by atoms with van der Waals surface area (Å²) in [7, 11) is 1.61. The van der Waals surface area contributed by atoms with Crippen LogP contribution in [-0.2, 0) is 9.59 Å². The SMILES string of the molecule is COc1ccc(Br)cc1/C=C/C(=O)N1CCN(CC(=O)NC(C)C)CC1. The summed E-state index contributed by atoms with van der Waals surface area (Å²) in [6, 6.07) is 5.81. The van der Waals surface area contributed by atoms with Gasteiger partial charge in [-0.2, -0.15) is 0 Å². The largest absolute Gasteiger partial charge is 0.496 e. The van der Waals surface area contributed by atoms with Crippen LogP contribution < -0.4 is 10.1 Å². The van der Waals surface area contributed by atoms with Crippen molar-refractivity contribution >= 4 is 33.8 Å². The van der Waals surface area contributed by atoms with Crippen molar-refractivity contribution in [3.8, 4) is 5.75 Å². The Labute approximate surface area is 163 Å². The lowest BCUT2D eigenvalue weighted by Gasteiger charge is -2.33. The lowest BCUT2D eigenvalue weighted by atomic mass is 10.2. The van der Waals surface area contributed by atoms with Gasteiger partial charge in [-0.15, -0.1) is 0 Å². The number of hydrogen-bond donors (Lipinski definition) is 1. The summed E-state index contributed by atoms with van der Waals surface area (Å²) in [5, 5.41) is 2.89. The van der Waals surface area contributed by atoms with E-state index in [9.17, 15) is 9.59 Å². The van der Waals surface area contributed by atoms with Crippen LogP contribution in [0.5, 0.6) is 5.75 Å². The molecule has 1 aromatic rings. The standard InChI is InChI=1S/C19H26BrN3O3/c1-14(2)21-18(24)13-22-8-10-23(11-9-22)19(25)7-4-15-12-16(20)5-6-17(15)26-3/h4-7,12,14H,8-11,13H2,1-3H3,(H,21,24)/b7-4+. The molecular weight excluding hydrogens is 398 g/mol. The molecule has 0 aliphatic carbocycles. The van der Waals surface area contributed by atoms with Crippen molar-refractivity contribution in [2.24, 2.45) is 0 Å². The van der Waals surface area contributed by atoms with Crippen molar-refractivity contribution in [3.05, 3.63) is 34.3 Å². The molecule has 0 radical (unpaired) electrons. The Balaban J connectivity index is 1.87. The Hall–Kier alpha value is -1.86. The molecule has 1 heterocycles. The molecule has 0 bridgehead atoms. The zero-order valence-electron chi connectivity index (χ0n) is 15.5. The van der Waals surface area contributed by atoms with Crippen molar-refractivity contribution in [1.29, 1.82) is 0 Å². The van der Waals surface area contributed by atoms with Crippen LogP contribution in [0.1, 0.15) is 19.4 Å². The second kappa shape index (κ2) is 9.73. The molecule has 142 valence electrons. The average Bonchev–Trinajstić information content (AvgIpc) is 2.59. The summed E-state index contributed by atoms with van der Waals surface area (Å²) < 4.78 is 6.24. The fourth-order valence-corrected chi connectivity index (χ4v) is 3.18. The van der Waals surface area contributed by atoms with Gasteiger partial charge >= 0.3 is 0 Å². The van der Waals surface area contributed by atoms with Gasteiger partial charge in [-0.3, -0.25) is 14.5 Å². The number of nitrogens with one attached hydrogen (secondary N) is 1. The average molecular weight is 424 g/mol. The first-order chi connectivity index (χ1) is 12.4. The zero-order valence-corrected chi connectivity index (χ0v) is 17.1. The number of carbonyl (C=O) groups excluding carboxylic acids is 2. The van der Waals surface area contributed by atoms with Crippen LogP contribution >= 0.6 is 15.9 Å². The maximum absolute atomic E-state index is 12.4. The minimum Gasteiger partial charge on any atom is -0.496 e. The number of piperazine rings is 1. The van der Waals surface area contributed by atoms with E-state index in [0.29, 0.717) is 32.7 Å². The van der Waals surface area contributed by atoms with Gasteiger partial charge in [0, 0.05) is 48.3 Å². The molecule has 1 fully saturated rings. The number of amides is 2. The lowest BCUT2D eigenvalue weighted by molar-refractivity contribution is -0.128. The Kier molecular flexibility index (Phi) is 7.66. The van der Waals surface area contributed by atoms with Gasteiger partial charge in [-0.25, -0.2) is 0 Å². The topological polar surface area (TPSA) is 61.9 Å². The molecule has 6 nitrogen and oxygen atoms in total. The van der Waals surface area contributed by atoms with Crippen molar-refractivity contribution in [1.82, 2.24) is 15.1 Å². The second-order valence-corrected chi connectivity index (χ2v) is 7.46. The quantitative estimate of drug-likeness (QED) is 0.711. The molecule has 7 heteroatoms. The number of hydrogen-bond acceptors (Lipinski definition) is 4. The molecule has 2 rings (SSSR count). The second-order valence-electron chi connectivity index (χ2n) is 6.54. The molecule has 0 unspecified atom stereocenters. The third kappa shape index (κ3) is 6.14. The number of halogens is 1. The Morgan fingerprint density at radius 3 is 2.58 bits per heavy atom. The summed E-state index contributed by atoms with van der Waals surface area (Å²) in [6.07, 6.45) is 3.35. The molecular formula is C19H26BrN3O3. The van der Waals surface area contributed by atoms with E-state index in [0.717, 1.165) is 15.8 Å². The number of ether oxygens (including phenoxy) is 1. The lowest BCUT2D eigenvalue weighted by Crippen LogP contribution is -2.51. The van der Waals surface area contributed by atoms with Crippen molar-refractivity contribution in [3.63, 3.8) is 0 Å². The van der Waals surface area contributed by atoms with Gasteiger partial charge < -0.3 is 15.0 Å². The highest BCUT2D eigenvalue weighted by molar-refractivity contribution is 9.10. The minimum atomic E-state index is -0.0293. The Morgan fingerprint density at radius 2 is 1.96 bits per heavy atom. The third-order valence-electron chi connectivity index (χ3n) is 4.10. The van der Waals surface area contributed by atoms with Gasteiger partial charge in [0.2, 0.25) is 11.8 Å². The van der Waals surface area contributed by atoms with Crippen molar-refractivity contribution < 1.29 is 14.3 Å². The molecule has 0 spiro atoms. The van der Waals surface area contributed by atoms with Gasteiger partial charge in [0.25, 0.3) is 0 Å². The van der Waals surface area contributed by atoms with Crippen LogP contribution in [-0.4, -0.2) is 67.5 Å². The summed E-state index contributed by atoms with van der Waals surface area (Å²) in [6.45, 7) is 6.91. The van der Waals surface area contributed by atoms with E-state index in [1.165, 1.54) is 0 Å². The molecule has 1 aliphatic rings. The van der Waals surface area contributed by atoms with Crippen molar-refractivity contribution in [2.45, 2.75) is 19.9 Å². The van der Waals surface area contributed by atoms with Gasteiger partial charge in [-0.1, -0.05) is 15.9 Å². The zero-order chi connectivity index (χ0) is 19.1. The number of rotatable bonds is 6. The molecule has 1 N–H and O–H groups in total. The summed E-state index contributed by atoms with van der Waals surface area (Å²) in [4.78, 5) is 28.1. The highest BCUT2D eigenvalue weighted by atomic mass is 79.9. The van der Waals surface area contributed by atoms with Crippen LogP contribution in [0.2, 0.25) is 0 Å². The van der Waals surface area contributed by atoms with E-state index in [2.05, 4.69) is 26.1 Å². The van der Waals surface area contributed by atoms with E-state index in [-0.39, 0.29) is 17.9 Å². The Morgan fingerprint density at radius 1 is 1.27 bits per heavy atom. The first-order valence-electron chi connectivity index (χ1n) is 8.71. The van der Waals surface area contributed by atoms with Crippen LogP contribution in [0.25, 0.3) is 6.08 Å². The first kappa shape index (κ1) is 20.5. The Bertz CT molecular complexity index is 668. The smallest absolute Gasteiger partial charge is 0.246 e. The highest BCUT2D eigenvalue weighted by Crippen LogP contribution is 2.24. The van der Waals surface area contributed by atoms with Gasteiger partial charge in [0.05, 0.1) is 13.7 Å². The minimum absolute atomic E-state index is 0.0291.